The number of rotatable bonds is 10. The van der Waals surface area contributed by atoms with Gasteiger partial charge in [0.25, 0.3) is 0 Å². The Balaban J connectivity index is 0.000000306. The van der Waals surface area contributed by atoms with Crippen molar-refractivity contribution in [1.82, 2.24) is 5.32 Å². The maximum Gasteiger partial charge on any atom is 1.00 e. The van der Waals surface area contributed by atoms with E-state index < -0.39 is 31.6 Å². The second-order valence-corrected chi connectivity index (χ2v) is 16.6. The van der Waals surface area contributed by atoms with Crippen LogP contribution in [0.1, 0.15) is 41.7 Å². The summed E-state index contributed by atoms with van der Waals surface area (Å²) in [7, 11) is -5.48. The van der Waals surface area contributed by atoms with E-state index in [0.717, 1.165) is 5.56 Å². The van der Waals surface area contributed by atoms with E-state index in [1.165, 1.54) is 62.5 Å². The van der Waals surface area contributed by atoms with Crippen LogP contribution in [0.2, 0.25) is 0 Å². The molecule has 4 aromatic rings. The van der Waals surface area contributed by atoms with Gasteiger partial charge in [0.1, 0.15) is 29.5 Å². The molecule has 1 radical (unpaired) electrons. The van der Waals surface area contributed by atoms with E-state index in [0.29, 0.717) is 22.3 Å². The third kappa shape index (κ3) is 11.1. The van der Waals surface area contributed by atoms with Crippen LogP contribution in [-0.4, -0.2) is 74.7 Å². The molecule has 0 aromatic heterocycles. The molecule has 15 nitrogen and oxygen atoms in total. The number of hydrogen-bond donors (Lipinski definition) is 5. The second kappa shape index (κ2) is 20.6. The summed E-state index contributed by atoms with van der Waals surface area (Å²) in [5.41, 5.74) is 8.84. The summed E-state index contributed by atoms with van der Waals surface area (Å²) in [6.07, 6.45) is 5.49. The van der Waals surface area contributed by atoms with Crippen LogP contribution < -0.4 is 45.7 Å². The SMILES string of the molecule is CCS(=O)(=O)c1ccc(O)c(N/N=C2\C(=O)C=Cc3cccc(COC(=O)NC)c32)c1.CCS(=O)(=O)c1ccc(O)c(N/N=C2\C(=O)C=Cc3ccccc32)c1.[Co].[Na+]. The number of nitrogens with one attached hydrogen (secondary N) is 3. The van der Waals surface area contributed by atoms with Gasteiger partial charge in [-0.3, -0.25) is 20.4 Å². The summed E-state index contributed by atoms with van der Waals surface area (Å²) in [5, 5.41) is 30.6. The number of benzene rings is 4. The van der Waals surface area contributed by atoms with Gasteiger partial charge in [-0.2, -0.15) is 10.2 Å². The Hall–Kier alpha value is -5.08. The van der Waals surface area contributed by atoms with Crippen molar-refractivity contribution < 1.29 is 92.5 Å². The molecular weight excluding hydrogens is 845 g/mol. The normalized spacial score (nSPS) is 14.2. The van der Waals surface area contributed by atoms with Gasteiger partial charge in [-0.25, -0.2) is 21.6 Å². The van der Waals surface area contributed by atoms with E-state index in [4.69, 9.17) is 4.74 Å². The molecule has 5 N–H and O–H groups in total. The van der Waals surface area contributed by atoms with Gasteiger partial charge < -0.3 is 20.3 Å². The quantitative estimate of drug-likeness (QED) is 0.0876. The average Bonchev–Trinajstić information content (AvgIpc) is 3.20. The van der Waals surface area contributed by atoms with Gasteiger partial charge in [-0.05, 0) is 65.2 Å². The molecule has 0 aliphatic heterocycles. The van der Waals surface area contributed by atoms with Crippen LogP contribution in [0.25, 0.3) is 12.2 Å². The fourth-order valence-electron chi connectivity index (χ4n) is 5.37. The molecule has 1 amide bonds. The van der Waals surface area contributed by atoms with Crippen molar-refractivity contribution >= 4 is 72.3 Å². The number of allylic oxidation sites excluding steroid dienone is 2. The van der Waals surface area contributed by atoms with E-state index in [9.17, 15) is 41.4 Å². The van der Waals surface area contributed by atoms with Crippen LogP contribution in [0.5, 0.6) is 11.5 Å². The number of alkyl carbamates (subject to hydrolysis) is 1. The number of ketones is 2. The number of anilines is 2. The monoisotopic (exact) mass is 881 g/mol. The van der Waals surface area contributed by atoms with Crippen LogP contribution >= 0.6 is 0 Å². The minimum atomic E-state index is -3.50. The van der Waals surface area contributed by atoms with Crippen molar-refractivity contribution in [1.29, 1.82) is 0 Å². The predicted molar refractivity (Wildman–Crippen MR) is 212 cm³/mol. The van der Waals surface area contributed by atoms with Gasteiger partial charge in [0.15, 0.2) is 19.7 Å². The number of phenols is 2. The van der Waals surface area contributed by atoms with Crippen LogP contribution in [0.3, 0.4) is 0 Å². The number of sulfone groups is 2. The molecule has 299 valence electrons. The Bertz CT molecular complexity index is 2580. The van der Waals surface area contributed by atoms with E-state index in [2.05, 4.69) is 26.4 Å². The first-order valence-corrected chi connectivity index (χ1v) is 20.3. The number of hydrogen-bond acceptors (Lipinski definition) is 14. The summed E-state index contributed by atoms with van der Waals surface area (Å²) in [6, 6.07) is 20.2. The molecule has 0 spiro atoms. The zero-order chi connectivity index (χ0) is 40.6. The number of hydrazone groups is 2. The van der Waals surface area contributed by atoms with Gasteiger partial charge in [0.05, 0.1) is 32.7 Å². The molecule has 0 heterocycles. The third-order valence-corrected chi connectivity index (χ3v) is 11.9. The second-order valence-electron chi connectivity index (χ2n) is 12.0. The van der Waals surface area contributed by atoms with Crippen molar-refractivity contribution in [2.24, 2.45) is 10.2 Å². The molecule has 0 saturated heterocycles. The smallest absolute Gasteiger partial charge is 0.506 e. The fourth-order valence-corrected chi connectivity index (χ4v) is 7.19. The van der Waals surface area contributed by atoms with Gasteiger partial charge in [-0.1, -0.05) is 68.5 Å². The molecule has 0 atom stereocenters. The molecule has 0 fully saturated rings. The molecule has 4 aromatic carbocycles. The first kappa shape index (κ1) is 47.3. The molecular formula is C39H37CoN5NaO10S2+. The Labute approximate surface area is 367 Å². The van der Waals surface area contributed by atoms with Crippen molar-refractivity contribution in [3.63, 3.8) is 0 Å². The van der Waals surface area contributed by atoms with Gasteiger partial charge in [0, 0.05) is 35.0 Å². The Morgan fingerprint density at radius 3 is 1.74 bits per heavy atom. The molecule has 6 rings (SSSR count). The number of ether oxygens (including phenoxy) is 1. The van der Waals surface area contributed by atoms with E-state index in [1.54, 1.807) is 49.4 Å². The average molecular weight is 882 g/mol. The molecule has 0 saturated carbocycles. The fraction of sp³-hybridized carbons (Fsp3) is 0.154. The number of carbonyl (C=O) groups is 3. The zero-order valence-corrected chi connectivity index (χ0v) is 36.3. The molecule has 58 heavy (non-hydrogen) atoms. The van der Waals surface area contributed by atoms with Crippen molar-refractivity contribution in [3.8, 4) is 11.5 Å². The van der Waals surface area contributed by atoms with Gasteiger partial charge >= 0.3 is 35.7 Å². The van der Waals surface area contributed by atoms with Gasteiger partial charge in [0.2, 0.25) is 11.6 Å². The summed E-state index contributed by atoms with van der Waals surface area (Å²) in [6.45, 7) is 2.97. The van der Waals surface area contributed by atoms with Crippen molar-refractivity contribution in [2.45, 2.75) is 30.2 Å². The largest absolute Gasteiger partial charge is 1.00 e. The predicted octanol–water partition coefficient (Wildman–Crippen LogP) is 2.05. The van der Waals surface area contributed by atoms with Gasteiger partial charge in [-0.15, -0.1) is 0 Å². The number of phenolic OH excluding ortho intramolecular Hbond substituents is 2. The number of amides is 1. The minimum Gasteiger partial charge on any atom is -0.506 e. The summed E-state index contributed by atoms with van der Waals surface area (Å²) >= 11 is 0. The maximum absolute atomic E-state index is 12.5. The maximum atomic E-state index is 12.5. The molecule has 2 aliphatic carbocycles. The number of fused-ring (bicyclic) bond motifs is 2. The first-order valence-electron chi connectivity index (χ1n) is 17.0. The standard InChI is InChI=1S/C21H21N3O6S.C18H16N2O4S.Co.Na/c1-3-31(28,29)15-8-10-17(25)16(11-15)23-24-20-18(26)9-7-13-5-4-6-14(19(13)20)12-30-21(27)22-2;1-2-25(23,24)13-8-10-16(21)15(11-13)19-20-18-14-6-4-3-5-12(14)7-9-17(18)22;;/h4-11,23,25H,3,12H2,1-2H3,(H,22,27);3-11,19,21H,2H2,1H3;;/q;;;+1/b24-20+;20-18-;;. The van der Waals surface area contributed by atoms with Crippen LogP contribution in [-0.2, 0) is 57.4 Å². The summed E-state index contributed by atoms with van der Waals surface area (Å²) in [5.74, 6) is -1.21. The number of carbonyl (C=O) groups excluding carboxylic acids is 3. The van der Waals surface area contributed by atoms with E-state index in [1.807, 2.05) is 12.1 Å². The summed E-state index contributed by atoms with van der Waals surface area (Å²) in [4.78, 5) is 36.2. The van der Waals surface area contributed by atoms with Crippen LogP contribution in [0.15, 0.2) is 111 Å². The summed E-state index contributed by atoms with van der Waals surface area (Å²) < 4.78 is 53.3. The van der Waals surface area contributed by atoms with E-state index in [-0.39, 0.29) is 114 Å². The Kier molecular flexibility index (Phi) is 16.8. The molecule has 19 heteroatoms. The third-order valence-electron chi connectivity index (χ3n) is 8.48. The zero-order valence-electron chi connectivity index (χ0n) is 31.6. The molecule has 0 bridgehead atoms. The minimum absolute atomic E-state index is 0. The molecule has 2 aliphatic rings. The number of aromatic hydroxyl groups is 2. The van der Waals surface area contributed by atoms with Crippen LogP contribution in [0.4, 0.5) is 16.2 Å². The van der Waals surface area contributed by atoms with Crippen molar-refractivity contribution in [2.75, 3.05) is 29.4 Å². The Morgan fingerprint density at radius 1 is 0.690 bits per heavy atom. The first-order chi connectivity index (χ1) is 26.7. The van der Waals surface area contributed by atoms with E-state index >= 15 is 0 Å². The number of nitrogens with zero attached hydrogens (tertiary/aromatic N) is 2. The van der Waals surface area contributed by atoms with Crippen LogP contribution in [0, 0.1) is 0 Å². The Morgan fingerprint density at radius 2 is 1.19 bits per heavy atom. The topological polar surface area (TPSA) is 230 Å². The molecule has 0 unspecified atom stereocenters. The van der Waals surface area contributed by atoms with Crippen molar-refractivity contribution in [3.05, 3.63) is 119 Å².